The number of nitro groups is 1. The lowest BCUT2D eigenvalue weighted by atomic mass is 10.1. The fraction of sp³-hybridized carbons (Fsp3) is 0.111. The molecule has 1 aromatic carbocycles. The molecule has 11 heteroatoms. The van der Waals surface area contributed by atoms with Gasteiger partial charge in [-0.25, -0.2) is 5.32 Å². The van der Waals surface area contributed by atoms with Crippen LogP contribution < -0.4 is 10.6 Å². The number of amides is 2. The van der Waals surface area contributed by atoms with Crippen molar-refractivity contribution in [1.29, 1.82) is 0 Å². The zero-order chi connectivity index (χ0) is 15.2. The molecule has 7 nitrogen and oxygen atoms in total. The van der Waals surface area contributed by atoms with Crippen LogP contribution in [0.25, 0.3) is 0 Å². The Morgan fingerprint density at radius 1 is 1.35 bits per heavy atom. The van der Waals surface area contributed by atoms with Crippen LogP contribution in [0.3, 0.4) is 0 Å². The van der Waals surface area contributed by atoms with Crippen molar-refractivity contribution >= 4 is 40.5 Å². The Kier molecular flexibility index (Phi) is 3.05. The number of hydrogen-bond donors (Lipinski definition) is 1. The van der Waals surface area contributed by atoms with E-state index < -0.39 is 50.6 Å². The van der Waals surface area contributed by atoms with Gasteiger partial charge in [-0.15, -0.1) is 0 Å². The summed E-state index contributed by atoms with van der Waals surface area (Å²) in [6.07, 6.45) is -5.06. The monoisotopic (exact) mass is 308 g/mol. The van der Waals surface area contributed by atoms with E-state index in [1.54, 1.807) is 5.32 Å². The third-order valence-corrected chi connectivity index (χ3v) is 2.65. The zero-order valence-electron chi connectivity index (χ0n) is 9.12. The number of nitrogens with zero attached hydrogens (tertiary/aromatic N) is 2. The molecule has 0 unspecified atom stereocenters. The number of halogens is 4. The summed E-state index contributed by atoms with van der Waals surface area (Å²) in [6.45, 7) is 0. The van der Waals surface area contributed by atoms with E-state index in [4.69, 9.17) is 11.6 Å². The Hall–Kier alpha value is -2.36. The first-order valence-electron chi connectivity index (χ1n) is 4.78. The highest BCUT2D eigenvalue weighted by Crippen LogP contribution is 2.48. The number of nitro benzene ring substituents is 1. The molecule has 1 radical (unpaired) electrons. The Morgan fingerprint density at radius 3 is 2.45 bits per heavy atom. The van der Waals surface area contributed by atoms with E-state index >= 15 is 0 Å². The van der Waals surface area contributed by atoms with Gasteiger partial charge in [0.2, 0.25) is 0 Å². The molecule has 0 aromatic heterocycles. The van der Waals surface area contributed by atoms with Crippen molar-refractivity contribution in [3.05, 3.63) is 26.8 Å². The van der Waals surface area contributed by atoms with E-state index in [-0.39, 0.29) is 6.07 Å². The summed E-state index contributed by atoms with van der Waals surface area (Å²) in [5.74, 6) is -2.69. The van der Waals surface area contributed by atoms with Crippen molar-refractivity contribution in [3.63, 3.8) is 0 Å². The fourth-order valence-electron chi connectivity index (χ4n) is 1.58. The van der Waals surface area contributed by atoms with Crippen molar-refractivity contribution in [2.45, 2.75) is 6.18 Å². The molecule has 0 aliphatic carbocycles. The average Bonchev–Trinajstić information content (AvgIpc) is 2.29. The number of hydrogen-bond acceptors (Lipinski definition) is 4. The molecular weight excluding hydrogens is 307 g/mol. The van der Waals surface area contributed by atoms with Crippen molar-refractivity contribution in [1.82, 2.24) is 5.32 Å². The molecule has 0 bridgehead atoms. The van der Waals surface area contributed by atoms with Gasteiger partial charge < -0.3 is 5.32 Å². The lowest BCUT2D eigenvalue weighted by Crippen LogP contribution is -2.34. The van der Waals surface area contributed by atoms with Crippen molar-refractivity contribution in [3.8, 4) is 0 Å². The topological polar surface area (TPSA) is 103 Å². The predicted molar refractivity (Wildman–Crippen MR) is 58.5 cm³/mol. The normalized spacial score (nSPS) is 14.4. The second-order valence-electron chi connectivity index (χ2n) is 3.60. The smallest absolute Gasteiger partial charge is 0.310 e. The van der Waals surface area contributed by atoms with Crippen molar-refractivity contribution in [2.24, 2.45) is 0 Å². The van der Waals surface area contributed by atoms with Gasteiger partial charge in [0.1, 0.15) is 16.9 Å². The van der Waals surface area contributed by atoms with Crippen LogP contribution in [0.2, 0.25) is 5.02 Å². The minimum absolute atomic E-state index is 0.285. The minimum atomic E-state index is -5.06. The largest absolute Gasteiger partial charge is 0.423 e. The quantitative estimate of drug-likeness (QED) is 0.486. The first-order chi connectivity index (χ1) is 9.12. The lowest BCUT2D eigenvalue weighted by Gasteiger charge is -2.19. The third kappa shape index (κ3) is 2.13. The van der Waals surface area contributed by atoms with E-state index in [0.29, 0.717) is 0 Å². The van der Waals surface area contributed by atoms with Gasteiger partial charge >= 0.3 is 23.7 Å². The first-order valence-corrected chi connectivity index (χ1v) is 5.16. The Labute approximate surface area is 112 Å². The highest BCUT2D eigenvalue weighted by Gasteiger charge is 2.44. The summed E-state index contributed by atoms with van der Waals surface area (Å²) in [4.78, 5) is 31.6. The Bertz CT molecular complexity index is 659. The maximum Gasteiger partial charge on any atom is 0.423 e. The molecule has 2 rings (SSSR count). The maximum atomic E-state index is 12.8. The van der Waals surface area contributed by atoms with Gasteiger partial charge in [0.05, 0.1) is 9.95 Å². The molecular formula is C9H2ClF3N3O4. The number of carbonyl (C=O) groups excluding carboxylic acids is 2. The number of carbonyl (C=O) groups is 2. The van der Waals surface area contributed by atoms with E-state index in [0.717, 1.165) is 0 Å². The standard InChI is InChI=1S/C9H2ClF3N3O4/c10-3-1-2(9(11,12)13)6(16(19)20)5-4(3)14-7(17)8(18)15-5/h1H,(H,15,18). The van der Waals surface area contributed by atoms with Gasteiger partial charge in [0, 0.05) is 0 Å². The van der Waals surface area contributed by atoms with E-state index in [9.17, 15) is 32.9 Å². The molecule has 1 aliphatic heterocycles. The molecule has 1 aliphatic rings. The van der Waals surface area contributed by atoms with Crippen LogP contribution in [0.4, 0.5) is 30.2 Å². The molecule has 1 N–H and O–H groups in total. The molecule has 0 fully saturated rings. The summed E-state index contributed by atoms with van der Waals surface area (Å²) in [5, 5.41) is 15.0. The highest BCUT2D eigenvalue weighted by molar-refractivity contribution is 6.45. The van der Waals surface area contributed by atoms with E-state index in [2.05, 4.69) is 5.32 Å². The van der Waals surface area contributed by atoms with E-state index in [1.807, 2.05) is 0 Å². The number of alkyl halides is 3. The zero-order valence-corrected chi connectivity index (χ0v) is 9.87. The second kappa shape index (κ2) is 4.34. The fourth-order valence-corrected chi connectivity index (χ4v) is 1.83. The molecule has 2 amide bonds. The summed E-state index contributed by atoms with van der Waals surface area (Å²) >= 11 is 5.52. The molecule has 1 aromatic rings. The molecule has 0 saturated heterocycles. The van der Waals surface area contributed by atoms with Crippen LogP contribution in [0, 0.1) is 10.1 Å². The summed E-state index contributed by atoms with van der Waals surface area (Å²) in [5.41, 5.74) is -4.48. The van der Waals surface area contributed by atoms with Crippen LogP contribution in [0.15, 0.2) is 6.07 Å². The number of fused-ring (bicyclic) bond motifs is 1. The van der Waals surface area contributed by atoms with E-state index in [1.165, 1.54) is 0 Å². The van der Waals surface area contributed by atoms with Gasteiger partial charge in [-0.1, -0.05) is 11.6 Å². The molecule has 105 valence electrons. The van der Waals surface area contributed by atoms with Crippen LogP contribution in [-0.4, -0.2) is 16.7 Å². The second-order valence-corrected chi connectivity index (χ2v) is 4.01. The van der Waals surface area contributed by atoms with Crippen molar-refractivity contribution < 1.29 is 27.7 Å². The van der Waals surface area contributed by atoms with Crippen LogP contribution in [0.1, 0.15) is 5.56 Å². The summed E-state index contributed by atoms with van der Waals surface area (Å²) < 4.78 is 38.3. The van der Waals surface area contributed by atoms with Crippen LogP contribution in [0.5, 0.6) is 0 Å². The number of rotatable bonds is 1. The van der Waals surface area contributed by atoms with Gasteiger partial charge in [0.15, 0.2) is 0 Å². The maximum absolute atomic E-state index is 12.8. The van der Waals surface area contributed by atoms with Gasteiger partial charge in [-0.05, 0) is 6.07 Å². The lowest BCUT2D eigenvalue weighted by molar-refractivity contribution is -0.387. The molecule has 20 heavy (non-hydrogen) atoms. The summed E-state index contributed by atoms with van der Waals surface area (Å²) in [7, 11) is 0. The highest BCUT2D eigenvalue weighted by atomic mass is 35.5. The molecule has 0 atom stereocenters. The van der Waals surface area contributed by atoms with Crippen LogP contribution >= 0.6 is 11.6 Å². The van der Waals surface area contributed by atoms with Gasteiger partial charge in [-0.3, -0.25) is 19.7 Å². The van der Waals surface area contributed by atoms with Crippen LogP contribution in [-0.2, 0) is 15.8 Å². The molecule has 0 saturated carbocycles. The molecule has 0 spiro atoms. The number of benzene rings is 1. The third-order valence-electron chi connectivity index (χ3n) is 2.36. The van der Waals surface area contributed by atoms with Gasteiger partial charge in [0.25, 0.3) is 0 Å². The van der Waals surface area contributed by atoms with Gasteiger partial charge in [-0.2, -0.15) is 13.2 Å². The SMILES string of the molecule is O=C1[N]c2c(Cl)cc(C(F)(F)F)c([N+](=O)[O-])c2NC1=O. The minimum Gasteiger partial charge on any atom is -0.310 e. The van der Waals surface area contributed by atoms with Crippen molar-refractivity contribution in [2.75, 3.05) is 5.32 Å². The number of nitrogens with one attached hydrogen (secondary N) is 1. The predicted octanol–water partition coefficient (Wildman–Crippen LogP) is 1.98. The Morgan fingerprint density at radius 2 is 1.95 bits per heavy atom. The molecule has 1 heterocycles. The Balaban J connectivity index is 2.81. The number of anilines is 1. The summed E-state index contributed by atoms with van der Waals surface area (Å²) in [6, 6.07) is 0.285. The first kappa shape index (κ1) is 14.1. The average molecular weight is 309 g/mol.